The summed E-state index contributed by atoms with van der Waals surface area (Å²) in [5.74, 6) is 0.0110. The molecule has 0 aromatic carbocycles. The zero-order chi connectivity index (χ0) is 11.5. The third-order valence-electron chi connectivity index (χ3n) is 2.85. The molecule has 1 aliphatic heterocycles. The minimum atomic E-state index is 0.0110. The lowest BCUT2D eigenvalue weighted by Gasteiger charge is -2.21. The Morgan fingerprint density at radius 2 is 2.50 bits per heavy atom. The summed E-state index contributed by atoms with van der Waals surface area (Å²) in [6.07, 6.45) is 5.14. The van der Waals surface area contributed by atoms with Crippen LogP contribution in [0.15, 0.2) is 6.20 Å². The van der Waals surface area contributed by atoms with Crippen LogP contribution in [0.4, 0.5) is 0 Å². The van der Waals surface area contributed by atoms with Gasteiger partial charge in [-0.25, -0.2) is 0 Å². The highest BCUT2D eigenvalue weighted by Gasteiger charge is 2.22. The topological polar surface area (TPSA) is 44.1 Å². The van der Waals surface area contributed by atoms with Gasteiger partial charge in [0.05, 0.1) is 17.3 Å². The van der Waals surface area contributed by atoms with E-state index in [1.165, 1.54) is 10.9 Å². The van der Waals surface area contributed by atoms with Crippen molar-refractivity contribution in [2.24, 2.45) is 7.05 Å². The number of carbonyl (C=O) groups excluding carboxylic acids is 1. The molecule has 1 aromatic heterocycles. The maximum atomic E-state index is 12.0. The quantitative estimate of drug-likeness (QED) is 0.764. The second-order valence-electron chi connectivity index (χ2n) is 4.08. The van der Waals surface area contributed by atoms with Crippen LogP contribution in [0, 0.1) is 0 Å². The monoisotopic (exact) mass is 242 g/mol. The van der Waals surface area contributed by atoms with Gasteiger partial charge in [0.2, 0.25) is 0 Å². The van der Waals surface area contributed by atoms with Crippen molar-refractivity contribution < 1.29 is 9.53 Å². The zero-order valence-electron chi connectivity index (χ0n) is 9.28. The van der Waals surface area contributed by atoms with Crippen LogP contribution >= 0.6 is 11.6 Å². The fraction of sp³-hybridized carbons (Fsp3) is 0.636. The van der Waals surface area contributed by atoms with Gasteiger partial charge < -0.3 is 4.74 Å². The Morgan fingerprint density at radius 1 is 1.69 bits per heavy atom. The van der Waals surface area contributed by atoms with Crippen molar-refractivity contribution in [3.8, 4) is 0 Å². The highest BCUT2D eigenvalue weighted by atomic mass is 35.5. The molecule has 0 N–H and O–H groups in total. The Hall–Kier alpha value is -0.870. The fourth-order valence-electron chi connectivity index (χ4n) is 2.00. The van der Waals surface area contributed by atoms with Gasteiger partial charge in [0.15, 0.2) is 5.78 Å². The first-order valence-corrected chi connectivity index (χ1v) is 5.88. The Morgan fingerprint density at radius 3 is 3.06 bits per heavy atom. The van der Waals surface area contributed by atoms with Crippen LogP contribution < -0.4 is 0 Å². The van der Waals surface area contributed by atoms with Gasteiger partial charge in [-0.15, -0.1) is 0 Å². The minimum absolute atomic E-state index is 0.0110. The molecule has 1 fully saturated rings. The van der Waals surface area contributed by atoms with Gasteiger partial charge >= 0.3 is 0 Å². The lowest BCUT2D eigenvalue weighted by molar-refractivity contribution is 0.0127. The van der Waals surface area contributed by atoms with Gasteiger partial charge in [0, 0.05) is 20.1 Å². The summed E-state index contributed by atoms with van der Waals surface area (Å²) in [6, 6.07) is 0. The van der Waals surface area contributed by atoms with Gasteiger partial charge in [-0.3, -0.25) is 9.48 Å². The fourth-order valence-corrected chi connectivity index (χ4v) is 2.27. The molecule has 4 nitrogen and oxygen atoms in total. The Kier molecular flexibility index (Phi) is 3.61. The Labute approximate surface area is 99.5 Å². The first-order chi connectivity index (χ1) is 7.68. The molecular formula is C11H15ClN2O2. The molecule has 0 saturated carbocycles. The molecular weight excluding hydrogens is 228 g/mol. The van der Waals surface area contributed by atoms with Gasteiger partial charge in [0.25, 0.3) is 0 Å². The summed E-state index contributed by atoms with van der Waals surface area (Å²) in [5, 5.41) is 4.37. The Balaban J connectivity index is 2.02. The van der Waals surface area contributed by atoms with E-state index in [2.05, 4.69) is 5.10 Å². The van der Waals surface area contributed by atoms with Crippen LogP contribution in [0.3, 0.4) is 0 Å². The summed E-state index contributed by atoms with van der Waals surface area (Å²) >= 11 is 5.91. The summed E-state index contributed by atoms with van der Waals surface area (Å²) in [5.41, 5.74) is 0.482. The molecule has 1 atom stereocenters. The van der Waals surface area contributed by atoms with Crippen molar-refractivity contribution in [1.82, 2.24) is 9.78 Å². The highest BCUT2D eigenvalue weighted by Crippen LogP contribution is 2.21. The molecule has 1 unspecified atom stereocenters. The SMILES string of the molecule is Cn1ncc(Cl)c1C(=O)CC1CCCCO1. The van der Waals surface area contributed by atoms with Crippen LogP contribution in [0.2, 0.25) is 5.02 Å². The number of rotatable bonds is 3. The number of hydrogen-bond donors (Lipinski definition) is 0. The van der Waals surface area contributed by atoms with Crippen LogP contribution in [0.5, 0.6) is 0 Å². The van der Waals surface area contributed by atoms with Crippen molar-refractivity contribution in [3.05, 3.63) is 16.9 Å². The van der Waals surface area contributed by atoms with E-state index in [0.717, 1.165) is 25.9 Å². The summed E-state index contributed by atoms with van der Waals surface area (Å²) < 4.78 is 7.05. The summed E-state index contributed by atoms with van der Waals surface area (Å²) in [4.78, 5) is 12.0. The molecule has 0 bridgehead atoms. The lowest BCUT2D eigenvalue weighted by Crippen LogP contribution is -2.23. The standard InChI is InChI=1S/C11H15ClN2O2/c1-14-11(9(12)7-13-14)10(15)6-8-4-2-3-5-16-8/h7-8H,2-6H2,1H3. The predicted molar refractivity (Wildman–Crippen MR) is 60.8 cm³/mol. The molecule has 2 heterocycles. The van der Waals surface area contributed by atoms with E-state index in [-0.39, 0.29) is 11.9 Å². The number of ether oxygens (including phenoxy) is 1. The minimum Gasteiger partial charge on any atom is -0.378 e. The van der Waals surface area contributed by atoms with E-state index >= 15 is 0 Å². The predicted octanol–water partition coefficient (Wildman–Crippen LogP) is 2.22. The van der Waals surface area contributed by atoms with E-state index < -0.39 is 0 Å². The summed E-state index contributed by atoms with van der Waals surface area (Å²) in [6.45, 7) is 0.761. The second-order valence-corrected chi connectivity index (χ2v) is 4.49. The third kappa shape index (κ3) is 2.44. The van der Waals surface area contributed by atoms with Crippen molar-refractivity contribution in [2.75, 3.05) is 6.61 Å². The van der Waals surface area contributed by atoms with Crippen LogP contribution in [0.1, 0.15) is 36.2 Å². The van der Waals surface area contributed by atoms with Gasteiger partial charge in [-0.1, -0.05) is 11.6 Å². The molecule has 5 heteroatoms. The number of aromatic nitrogens is 2. The number of Topliss-reactive ketones (excluding diaryl/α,β-unsaturated/α-hetero) is 1. The normalized spacial score (nSPS) is 21.0. The summed E-state index contributed by atoms with van der Waals surface area (Å²) in [7, 11) is 1.72. The molecule has 16 heavy (non-hydrogen) atoms. The highest BCUT2D eigenvalue weighted by molar-refractivity contribution is 6.33. The van der Waals surface area contributed by atoms with Crippen LogP contribution in [-0.2, 0) is 11.8 Å². The van der Waals surface area contributed by atoms with Gasteiger partial charge in [-0.05, 0) is 19.3 Å². The molecule has 0 radical (unpaired) electrons. The number of hydrogen-bond acceptors (Lipinski definition) is 3. The second kappa shape index (κ2) is 4.97. The first-order valence-electron chi connectivity index (χ1n) is 5.51. The Bertz CT molecular complexity index is 364. The van der Waals surface area contributed by atoms with Crippen molar-refractivity contribution >= 4 is 17.4 Å². The van der Waals surface area contributed by atoms with Crippen molar-refractivity contribution in [2.45, 2.75) is 31.8 Å². The maximum Gasteiger partial charge on any atom is 0.184 e. The van der Waals surface area contributed by atoms with E-state index in [0.29, 0.717) is 17.1 Å². The van der Waals surface area contributed by atoms with E-state index in [4.69, 9.17) is 16.3 Å². The molecule has 1 aliphatic rings. The van der Waals surface area contributed by atoms with Crippen LogP contribution in [-0.4, -0.2) is 28.3 Å². The first kappa shape index (κ1) is 11.6. The average molecular weight is 243 g/mol. The number of aryl methyl sites for hydroxylation is 1. The largest absolute Gasteiger partial charge is 0.378 e. The molecule has 0 spiro atoms. The molecule has 2 rings (SSSR count). The number of ketones is 1. The zero-order valence-corrected chi connectivity index (χ0v) is 10.0. The molecule has 1 aromatic rings. The van der Waals surface area contributed by atoms with Crippen molar-refractivity contribution in [3.63, 3.8) is 0 Å². The maximum absolute atomic E-state index is 12.0. The molecule has 0 aliphatic carbocycles. The van der Waals surface area contributed by atoms with Crippen molar-refractivity contribution in [1.29, 1.82) is 0 Å². The molecule has 0 amide bonds. The van der Waals surface area contributed by atoms with Crippen LogP contribution in [0.25, 0.3) is 0 Å². The third-order valence-corrected chi connectivity index (χ3v) is 3.12. The van der Waals surface area contributed by atoms with E-state index in [1.54, 1.807) is 7.05 Å². The van der Waals surface area contributed by atoms with E-state index in [9.17, 15) is 4.79 Å². The molecule has 1 saturated heterocycles. The van der Waals surface area contributed by atoms with Gasteiger partial charge in [-0.2, -0.15) is 5.10 Å². The number of halogens is 1. The number of nitrogens with zero attached hydrogens (tertiary/aromatic N) is 2. The smallest absolute Gasteiger partial charge is 0.184 e. The average Bonchev–Trinajstić information content (AvgIpc) is 2.60. The number of carbonyl (C=O) groups is 1. The van der Waals surface area contributed by atoms with Gasteiger partial charge in [0.1, 0.15) is 5.69 Å². The lowest BCUT2D eigenvalue weighted by atomic mass is 10.0. The molecule has 88 valence electrons. The van der Waals surface area contributed by atoms with E-state index in [1.807, 2.05) is 0 Å².